The number of carbonyl (C=O) groups excluding carboxylic acids is 3. The maximum atomic E-state index is 13.4. The Morgan fingerprint density at radius 1 is 0.927 bits per heavy atom. The van der Waals surface area contributed by atoms with Crippen LogP contribution in [0, 0.1) is 0 Å². The summed E-state index contributed by atoms with van der Waals surface area (Å²) >= 11 is 0. The van der Waals surface area contributed by atoms with Gasteiger partial charge in [-0.1, -0.05) is 30.3 Å². The summed E-state index contributed by atoms with van der Waals surface area (Å²) in [5.41, 5.74) is 4.19. The first kappa shape index (κ1) is 27.5. The first-order valence-corrected chi connectivity index (χ1v) is 13.5. The number of tetrazole rings is 1. The SMILES string of the molecule is O=C1CN(C(=O)c2ccc(Cn3cnnn3)cc2)CCCCNC(=O)c2cccc(c2)-c2cc(ccc2O)CCN1. The molecule has 3 aromatic carbocycles. The summed E-state index contributed by atoms with van der Waals surface area (Å²) in [4.78, 5) is 40.6. The van der Waals surface area contributed by atoms with E-state index in [0.29, 0.717) is 62.1 Å². The molecule has 4 aromatic rings. The summed E-state index contributed by atoms with van der Waals surface area (Å²) in [7, 11) is 0. The maximum Gasteiger partial charge on any atom is 0.254 e. The minimum Gasteiger partial charge on any atom is -0.507 e. The van der Waals surface area contributed by atoms with E-state index >= 15 is 0 Å². The number of hydrogen-bond acceptors (Lipinski definition) is 7. The number of amides is 3. The van der Waals surface area contributed by atoms with Crippen molar-refractivity contribution in [3.63, 3.8) is 0 Å². The fraction of sp³-hybridized carbons (Fsp3) is 0.267. The van der Waals surface area contributed by atoms with E-state index < -0.39 is 0 Å². The van der Waals surface area contributed by atoms with Crippen LogP contribution in [0.1, 0.15) is 44.7 Å². The van der Waals surface area contributed by atoms with E-state index in [0.717, 1.165) is 16.7 Å². The van der Waals surface area contributed by atoms with Gasteiger partial charge in [-0.15, -0.1) is 5.10 Å². The third kappa shape index (κ3) is 7.13. The Morgan fingerprint density at radius 3 is 2.56 bits per heavy atom. The van der Waals surface area contributed by atoms with Gasteiger partial charge in [-0.05, 0) is 82.8 Å². The van der Waals surface area contributed by atoms with E-state index in [-0.39, 0.29) is 30.0 Å². The van der Waals surface area contributed by atoms with Crippen molar-refractivity contribution in [2.75, 3.05) is 26.2 Å². The average molecular weight is 554 g/mol. The van der Waals surface area contributed by atoms with Crippen molar-refractivity contribution in [3.8, 4) is 16.9 Å². The van der Waals surface area contributed by atoms with Crippen LogP contribution < -0.4 is 10.6 Å². The summed E-state index contributed by atoms with van der Waals surface area (Å²) < 4.78 is 1.59. The number of nitrogens with zero attached hydrogens (tertiary/aromatic N) is 5. The van der Waals surface area contributed by atoms with Gasteiger partial charge in [0, 0.05) is 36.3 Å². The fourth-order valence-electron chi connectivity index (χ4n) is 4.73. The van der Waals surface area contributed by atoms with Crippen molar-refractivity contribution in [1.82, 2.24) is 35.7 Å². The molecule has 11 heteroatoms. The Labute approximate surface area is 237 Å². The molecule has 1 aliphatic heterocycles. The summed E-state index contributed by atoms with van der Waals surface area (Å²) in [6.07, 6.45) is 3.29. The highest BCUT2D eigenvalue weighted by Gasteiger charge is 2.19. The molecule has 0 spiro atoms. The standard InChI is InChI=1S/C30H31N7O4/c38-27-11-8-21-12-14-31-28(39)19-36(30(41)23-9-6-22(7-10-23)18-37-20-33-34-35-37)15-2-1-13-32-29(40)25-5-3-4-24(17-25)26(27)16-21/h3-11,16-17,20,38H,1-2,12-15,18-19H2,(H,31,39)(H,32,40). The normalized spacial score (nSPS) is 14.9. The molecule has 0 unspecified atom stereocenters. The first-order valence-electron chi connectivity index (χ1n) is 13.5. The van der Waals surface area contributed by atoms with Gasteiger partial charge in [0.25, 0.3) is 11.8 Å². The van der Waals surface area contributed by atoms with Crippen molar-refractivity contribution in [1.29, 1.82) is 0 Å². The zero-order valence-corrected chi connectivity index (χ0v) is 22.5. The molecule has 11 nitrogen and oxygen atoms in total. The number of phenolic OH excluding ortho intramolecular Hbond substituents is 1. The minimum atomic E-state index is -0.255. The lowest BCUT2D eigenvalue weighted by Gasteiger charge is -2.23. The van der Waals surface area contributed by atoms with Crippen molar-refractivity contribution < 1.29 is 19.5 Å². The zero-order chi connectivity index (χ0) is 28.6. The van der Waals surface area contributed by atoms with E-state index in [1.54, 1.807) is 52.0 Å². The largest absolute Gasteiger partial charge is 0.507 e. The van der Waals surface area contributed by atoms with Crippen LogP contribution in [0.2, 0.25) is 0 Å². The first-order chi connectivity index (χ1) is 20.0. The highest BCUT2D eigenvalue weighted by Crippen LogP contribution is 2.30. The highest BCUT2D eigenvalue weighted by molar-refractivity contribution is 5.97. The quantitative estimate of drug-likeness (QED) is 0.354. The van der Waals surface area contributed by atoms with Crippen LogP contribution in [0.25, 0.3) is 11.1 Å². The number of aromatic hydroxyl groups is 1. The molecular weight excluding hydrogens is 522 g/mol. The van der Waals surface area contributed by atoms with Gasteiger partial charge >= 0.3 is 0 Å². The number of phenols is 1. The van der Waals surface area contributed by atoms with Gasteiger partial charge in [0.15, 0.2) is 0 Å². The highest BCUT2D eigenvalue weighted by atomic mass is 16.3. The van der Waals surface area contributed by atoms with Crippen LogP contribution in [-0.2, 0) is 17.8 Å². The molecule has 210 valence electrons. The molecule has 5 rings (SSSR count). The molecule has 3 amide bonds. The van der Waals surface area contributed by atoms with Gasteiger partial charge in [0.1, 0.15) is 12.1 Å². The smallest absolute Gasteiger partial charge is 0.254 e. The molecular formula is C30H31N7O4. The molecule has 0 aliphatic carbocycles. The zero-order valence-electron chi connectivity index (χ0n) is 22.5. The van der Waals surface area contributed by atoms with E-state index in [1.807, 2.05) is 24.3 Å². The number of hydrogen-bond donors (Lipinski definition) is 3. The van der Waals surface area contributed by atoms with Crippen LogP contribution in [0.15, 0.2) is 73.1 Å². The second kappa shape index (κ2) is 12.9. The van der Waals surface area contributed by atoms with E-state index in [9.17, 15) is 19.5 Å². The molecule has 0 radical (unpaired) electrons. The molecule has 3 N–H and O–H groups in total. The maximum absolute atomic E-state index is 13.4. The summed E-state index contributed by atoms with van der Waals surface area (Å²) in [6.45, 7) is 1.56. The van der Waals surface area contributed by atoms with Gasteiger partial charge < -0.3 is 20.6 Å². The Balaban J connectivity index is 1.30. The minimum absolute atomic E-state index is 0.0804. The van der Waals surface area contributed by atoms with Crippen molar-refractivity contribution in [2.24, 2.45) is 0 Å². The molecule has 1 aliphatic rings. The number of nitrogens with one attached hydrogen (secondary N) is 2. The number of aromatic nitrogens is 4. The van der Waals surface area contributed by atoms with E-state index in [4.69, 9.17) is 0 Å². The average Bonchev–Trinajstić information content (AvgIpc) is 3.50. The van der Waals surface area contributed by atoms with Gasteiger partial charge in [0.05, 0.1) is 13.1 Å². The van der Waals surface area contributed by atoms with Crippen LogP contribution >= 0.6 is 0 Å². The topological polar surface area (TPSA) is 142 Å². The van der Waals surface area contributed by atoms with Gasteiger partial charge in [-0.2, -0.15) is 0 Å². The molecule has 0 saturated carbocycles. The monoisotopic (exact) mass is 553 g/mol. The fourth-order valence-corrected chi connectivity index (χ4v) is 4.73. The lowest BCUT2D eigenvalue weighted by Crippen LogP contribution is -2.42. The Kier molecular flexibility index (Phi) is 8.63. The van der Waals surface area contributed by atoms with Crippen molar-refractivity contribution in [2.45, 2.75) is 25.8 Å². The Morgan fingerprint density at radius 2 is 1.76 bits per heavy atom. The number of rotatable bonds is 3. The summed E-state index contributed by atoms with van der Waals surface area (Å²) in [5.74, 6) is -0.595. The molecule has 0 saturated heterocycles. The molecule has 1 aromatic heterocycles. The second-order valence-corrected chi connectivity index (χ2v) is 9.93. The molecule has 0 atom stereocenters. The molecule has 2 heterocycles. The molecule has 4 bridgehead atoms. The predicted octanol–water partition coefficient (Wildman–Crippen LogP) is 2.42. The van der Waals surface area contributed by atoms with Crippen LogP contribution in [0.4, 0.5) is 0 Å². The van der Waals surface area contributed by atoms with Crippen molar-refractivity contribution >= 4 is 17.7 Å². The van der Waals surface area contributed by atoms with Crippen LogP contribution in [0.5, 0.6) is 5.75 Å². The lowest BCUT2D eigenvalue weighted by molar-refractivity contribution is -0.121. The lowest BCUT2D eigenvalue weighted by atomic mass is 9.98. The second-order valence-electron chi connectivity index (χ2n) is 9.93. The Hall–Kier alpha value is -5.06. The van der Waals surface area contributed by atoms with Crippen molar-refractivity contribution in [3.05, 3.63) is 95.3 Å². The number of fused-ring (bicyclic) bond motifs is 5. The number of carbonyl (C=O) groups is 3. The number of benzene rings is 3. The van der Waals surface area contributed by atoms with Gasteiger partial charge in [-0.25, -0.2) is 4.68 Å². The third-order valence-corrected chi connectivity index (χ3v) is 6.93. The van der Waals surface area contributed by atoms with Gasteiger partial charge in [-0.3, -0.25) is 14.4 Å². The third-order valence-electron chi connectivity index (χ3n) is 6.93. The summed E-state index contributed by atoms with van der Waals surface area (Å²) in [6, 6.07) is 19.6. The molecule has 41 heavy (non-hydrogen) atoms. The van der Waals surface area contributed by atoms with E-state index in [1.165, 1.54) is 6.33 Å². The molecule has 0 fully saturated rings. The summed E-state index contributed by atoms with van der Waals surface area (Å²) in [5, 5.41) is 27.4. The van der Waals surface area contributed by atoms with Crippen LogP contribution in [0.3, 0.4) is 0 Å². The Bertz CT molecular complexity index is 1520. The predicted molar refractivity (Wildman–Crippen MR) is 151 cm³/mol. The van der Waals surface area contributed by atoms with E-state index in [2.05, 4.69) is 26.2 Å². The van der Waals surface area contributed by atoms with Crippen LogP contribution in [-0.4, -0.2) is 74.1 Å². The van der Waals surface area contributed by atoms with Gasteiger partial charge in [0.2, 0.25) is 5.91 Å².